The van der Waals surface area contributed by atoms with Crippen molar-refractivity contribution in [3.8, 4) is 0 Å². The molecule has 22 heavy (non-hydrogen) atoms. The molecule has 0 unspecified atom stereocenters. The fourth-order valence-electron chi connectivity index (χ4n) is 2.25. The standard InChI is InChI=1S/C16H23N3O2.ClH/c1-11(2)15(20)18-13-3-5-14(6-4-13)19-16(21)12-7-9-17-10-8-12;/h3-6,11-12,17H,7-10H2,1-2H3,(H,18,20)(H,19,21);1H. The second-order valence-electron chi connectivity index (χ2n) is 5.73. The largest absolute Gasteiger partial charge is 0.326 e. The Hall–Kier alpha value is -1.59. The van der Waals surface area contributed by atoms with E-state index in [0.29, 0.717) is 0 Å². The molecule has 0 aromatic heterocycles. The van der Waals surface area contributed by atoms with Gasteiger partial charge in [0.2, 0.25) is 11.8 Å². The lowest BCUT2D eigenvalue weighted by atomic mass is 9.97. The van der Waals surface area contributed by atoms with Crippen molar-refractivity contribution in [2.45, 2.75) is 26.7 Å². The average molecular weight is 326 g/mol. The molecule has 0 bridgehead atoms. The molecule has 1 heterocycles. The van der Waals surface area contributed by atoms with Crippen LogP contribution in [0, 0.1) is 11.8 Å². The number of amides is 2. The number of carbonyl (C=O) groups is 2. The maximum Gasteiger partial charge on any atom is 0.227 e. The Balaban J connectivity index is 0.00000242. The van der Waals surface area contributed by atoms with Crippen LogP contribution in [-0.4, -0.2) is 24.9 Å². The Labute approximate surface area is 137 Å². The van der Waals surface area contributed by atoms with E-state index in [1.165, 1.54) is 0 Å². The Morgan fingerprint density at radius 3 is 2.05 bits per heavy atom. The zero-order chi connectivity index (χ0) is 15.2. The zero-order valence-electron chi connectivity index (χ0n) is 13.0. The van der Waals surface area contributed by atoms with Crippen molar-refractivity contribution in [3.05, 3.63) is 24.3 Å². The quantitative estimate of drug-likeness (QED) is 0.797. The van der Waals surface area contributed by atoms with Crippen LogP contribution in [0.15, 0.2) is 24.3 Å². The molecule has 1 aliphatic rings. The van der Waals surface area contributed by atoms with Gasteiger partial charge in [-0.2, -0.15) is 0 Å². The van der Waals surface area contributed by atoms with Crippen molar-refractivity contribution in [2.24, 2.45) is 11.8 Å². The Kier molecular flexibility index (Phi) is 7.35. The van der Waals surface area contributed by atoms with Crippen LogP contribution in [0.2, 0.25) is 0 Å². The third-order valence-corrected chi connectivity index (χ3v) is 3.65. The lowest BCUT2D eigenvalue weighted by Gasteiger charge is -2.21. The number of benzene rings is 1. The van der Waals surface area contributed by atoms with E-state index in [-0.39, 0.29) is 36.1 Å². The van der Waals surface area contributed by atoms with Gasteiger partial charge in [-0.15, -0.1) is 12.4 Å². The van der Waals surface area contributed by atoms with Gasteiger partial charge in [0.15, 0.2) is 0 Å². The zero-order valence-corrected chi connectivity index (χ0v) is 13.8. The van der Waals surface area contributed by atoms with E-state index in [2.05, 4.69) is 16.0 Å². The van der Waals surface area contributed by atoms with Crippen molar-refractivity contribution in [1.82, 2.24) is 5.32 Å². The highest BCUT2D eigenvalue weighted by Gasteiger charge is 2.20. The normalized spacial score (nSPS) is 15.0. The minimum Gasteiger partial charge on any atom is -0.326 e. The highest BCUT2D eigenvalue weighted by molar-refractivity contribution is 5.94. The number of nitrogens with one attached hydrogen (secondary N) is 3. The summed E-state index contributed by atoms with van der Waals surface area (Å²) in [5.74, 6) is 0.104. The van der Waals surface area contributed by atoms with Gasteiger partial charge in [-0.3, -0.25) is 9.59 Å². The maximum atomic E-state index is 12.1. The first-order chi connectivity index (χ1) is 10.1. The van der Waals surface area contributed by atoms with Gasteiger partial charge in [0.1, 0.15) is 0 Å². The summed E-state index contributed by atoms with van der Waals surface area (Å²) in [5, 5.41) is 9.01. The summed E-state index contributed by atoms with van der Waals surface area (Å²) in [6.45, 7) is 5.50. The summed E-state index contributed by atoms with van der Waals surface area (Å²) < 4.78 is 0. The Bertz CT molecular complexity index is 497. The third-order valence-electron chi connectivity index (χ3n) is 3.65. The van der Waals surface area contributed by atoms with Crippen LogP contribution in [0.25, 0.3) is 0 Å². The number of hydrogen-bond donors (Lipinski definition) is 3. The first-order valence-electron chi connectivity index (χ1n) is 7.49. The average Bonchev–Trinajstić information content (AvgIpc) is 2.50. The van der Waals surface area contributed by atoms with Crippen molar-refractivity contribution in [1.29, 1.82) is 0 Å². The number of piperidine rings is 1. The first-order valence-corrected chi connectivity index (χ1v) is 7.49. The van der Waals surface area contributed by atoms with Gasteiger partial charge in [-0.25, -0.2) is 0 Å². The molecule has 1 aliphatic heterocycles. The maximum absolute atomic E-state index is 12.1. The van der Waals surface area contributed by atoms with Gasteiger partial charge in [0.05, 0.1) is 0 Å². The van der Waals surface area contributed by atoms with E-state index in [0.717, 1.165) is 37.3 Å². The predicted octanol–water partition coefficient (Wildman–Crippen LogP) is 2.64. The van der Waals surface area contributed by atoms with E-state index in [1.807, 2.05) is 26.0 Å². The first kappa shape index (κ1) is 18.5. The Morgan fingerprint density at radius 1 is 1.05 bits per heavy atom. The molecule has 1 aromatic rings. The summed E-state index contributed by atoms with van der Waals surface area (Å²) in [6.07, 6.45) is 1.77. The van der Waals surface area contributed by atoms with Gasteiger partial charge in [0, 0.05) is 23.2 Å². The number of hydrogen-bond acceptors (Lipinski definition) is 3. The summed E-state index contributed by atoms with van der Waals surface area (Å²) in [6, 6.07) is 7.24. The molecule has 122 valence electrons. The fourth-order valence-corrected chi connectivity index (χ4v) is 2.25. The van der Waals surface area contributed by atoms with Crippen molar-refractivity contribution in [2.75, 3.05) is 23.7 Å². The smallest absolute Gasteiger partial charge is 0.227 e. The molecular formula is C16H24ClN3O2. The molecule has 3 N–H and O–H groups in total. The highest BCUT2D eigenvalue weighted by atomic mass is 35.5. The van der Waals surface area contributed by atoms with Gasteiger partial charge >= 0.3 is 0 Å². The van der Waals surface area contributed by atoms with Gasteiger partial charge in [-0.1, -0.05) is 13.8 Å². The summed E-state index contributed by atoms with van der Waals surface area (Å²) in [7, 11) is 0. The van der Waals surface area contributed by atoms with E-state index < -0.39 is 0 Å². The van der Waals surface area contributed by atoms with Crippen molar-refractivity contribution >= 4 is 35.6 Å². The van der Waals surface area contributed by atoms with Crippen molar-refractivity contribution < 1.29 is 9.59 Å². The van der Waals surface area contributed by atoms with E-state index in [9.17, 15) is 9.59 Å². The molecule has 0 aliphatic carbocycles. The fraction of sp³-hybridized carbons (Fsp3) is 0.500. The van der Waals surface area contributed by atoms with E-state index in [4.69, 9.17) is 0 Å². The molecule has 1 aromatic carbocycles. The third kappa shape index (κ3) is 5.31. The predicted molar refractivity (Wildman–Crippen MR) is 91.4 cm³/mol. The number of rotatable bonds is 4. The SMILES string of the molecule is CC(C)C(=O)Nc1ccc(NC(=O)C2CCNCC2)cc1.Cl. The minimum atomic E-state index is -0.0516. The van der Waals surface area contributed by atoms with Crippen LogP contribution < -0.4 is 16.0 Å². The monoisotopic (exact) mass is 325 g/mol. The summed E-state index contributed by atoms with van der Waals surface area (Å²) in [4.78, 5) is 23.7. The Morgan fingerprint density at radius 2 is 1.55 bits per heavy atom. The molecule has 2 rings (SSSR count). The molecule has 0 radical (unpaired) electrons. The molecule has 0 saturated carbocycles. The van der Waals surface area contributed by atoms with Gasteiger partial charge in [-0.05, 0) is 50.2 Å². The second-order valence-corrected chi connectivity index (χ2v) is 5.73. The number of anilines is 2. The van der Waals surface area contributed by atoms with Crippen LogP contribution in [0.5, 0.6) is 0 Å². The second kappa shape index (κ2) is 8.76. The van der Waals surface area contributed by atoms with Crippen LogP contribution in [-0.2, 0) is 9.59 Å². The lowest BCUT2D eigenvalue weighted by Crippen LogP contribution is -2.34. The van der Waals surface area contributed by atoms with Crippen LogP contribution in [0.3, 0.4) is 0 Å². The lowest BCUT2D eigenvalue weighted by molar-refractivity contribution is -0.120. The van der Waals surface area contributed by atoms with E-state index >= 15 is 0 Å². The molecule has 6 heteroatoms. The van der Waals surface area contributed by atoms with Crippen LogP contribution in [0.1, 0.15) is 26.7 Å². The van der Waals surface area contributed by atoms with Gasteiger partial charge in [0.25, 0.3) is 0 Å². The minimum absolute atomic E-state index is 0. The molecular weight excluding hydrogens is 302 g/mol. The number of halogens is 1. The number of carbonyl (C=O) groups excluding carboxylic acids is 2. The van der Waals surface area contributed by atoms with Crippen LogP contribution >= 0.6 is 12.4 Å². The molecule has 0 spiro atoms. The van der Waals surface area contributed by atoms with Crippen molar-refractivity contribution in [3.63, 3.8) is 0 Å². The molecule has 0 atom stereocenters. The van der Waals surface area contributed by atoms with Gasteiger partial charge < -0.3 is 16.0 Å². The van der Waals surface area contributed by atoms with Crippen LogP contribution in [0.4, 0.5) is 11.4 Å². The molecule has 5 nitrogen and oxygen atoms in total. The highest BCUT2D eigenvalue weighted by Crippen LogP contribution is 2.18. The molecule has 1 saturated heterocycles. The topological polar surface area (TPSA) is 70.2 Å². The summed E-state index contributed by atoms with van der Waals surface area (Å²) in [5.41, 5.74) is 1.51. The molecule has 2 amide bonds. The summed E-state index contributed by atoms with van der Waals surface area (Å²) >= 11 is 0. The van der Waals surface area contributed by atoms with E-state index in [1.54, 1.807) is 12.1 Å². The molecule has 1 fully saturated rings.